The number of aliphatic carboxylic acids is 2. The topological polar surface area (TPSA) is 86.6 Å². The normalized spacial score (nSPS) is 13.6. The molecule has 0 aliphatic carbocycles. The second-order valence-corrected chi connectivity index (χ2v) is 6.00. The minimum atomic E-state index is -1.26. The first kappa shape index (κ1) is 20.1. The number of carboxylic acid groups (broad SMARTS) is 2. The van der Waals surface area contributed by atoms with Crippen molar-refractivity contribution in [2.75, 3.05) is 13.1 Å². The van der Waals surface area contributed by atoms with Gasteiger partial charge in [-0.25, -0.2) is 9.59 Å². The van der Waals surface area contributed by atoms with Crippen molar-refractivity contribution < 1.29 is 19.8 Å². The second-order valence-electron chi connectivity index (χ2n) is 6.00. The maximum Gasteiger partial charge on any atom is 0.328 e. The van der Waals surface area contributed by atoms with E-state index in [4.69, 9.17) is 10.2 Å². The van der Waals surface area contributed by atoms with Crippen LogP contribution in [-0.2, 0) is 9.59 Å². The zero-order valence-corrected chi connectivity index (χ0v) is 14.9. The molecule has 1 heterocycles. The van der Waals surface area contributed by atoms with Crippen molar-refractivity contribution in [3.63, 3.8) is 0 Å². The molecule has 0 atom stereocenters. The Morgan fingerprint density at radius 3 is 1.70 bits per heavy atom. The Morgan fingerprint density at radius 1 is 0.852 bits per heavy atom. The van der Waals surface area contributed by atoms with E-state index >= 15 is 0 Å². The highest BCUT2D eigenvalue weighted by atomic mass is 16.4. The van der Waals surface area contributed by atoms with E-state index in [0.29, 0.717) is 18.1 Å². The maximum atomic E-state index is 9.55. The Hall–Kier alpha value is -3.18. The molecule has 27 heavy (non-hydrogen) atoms. The molecule has 5 heteroatoms. The summed E-state index contributed by atoms with van der Waals surface area (Å²) in [6.45, 7) is 2.08. The van der Waals surface area contributed by atoms with Gasteiger partial charge in [-0.1, -0.05) is 72.3 Å². The summed E-state index contributed by atoms with van der Waals surface area (Å²) in [5.41, 5.74) is 4.32. The quantitative estimate of drug-likeness (QED) is 0.558. The van der Waals surface area contributed by atoms with Gasteiger partial charge < -0.3 is 15.5 Å². The molecular weight excluding hydrogens is 342 g/mol. The van der Waals surface area contributed by atoms with Gasteiger partial charge in [0.25, 0.3) is 0 Å². The first-order valence-corrected chi connectivity index (χ1v) is 8.71. The summed E-state index contributed by atoms with van der Waals surface area (Å²) in [5.74, 6) is -2.11. The fourth-order valence-electron chi connectivity index (χ4n) is 2.96. The fraction of sp³-hybridized carbons (Fsp3) is 0.182. The number of hydrogen-bond acceptors (Lipinski definition) is 3. The number of rotatable bonds is 5. The van der Waals surface area contributed by atoms with Crippen LogP contribution < -0.4 is 5.32 Å². The van der Waals surface area contributed by atoms with Crippen molar-refractivity contribution in [2.45, 2.75) is 12.3 Å². The van der Waals surface area contributed by atoms with E-state index in [-0.39, 0.29) is 0 Å². The zero-order valence-electron chi connectivity index (χ0n) is 14.9. The van der Waals surface area contributed by atoms with Gasteiger partial charge in [0, 0.05) is 24.6 Å². The lowest BCUT2D eigenvalue weighted by atomic mass is 9.82. The fourth-order valence-corrected chi connectivity index (χ4v) is 2.96. The van der Waals surface area contributed by atoms with Crippen LogP contribution in [-0.4, -0.2) is 35.2 Å². The van der Waals surface area contributed by atoms with Crippen LogP contribution in [0, 0.1) is 0 Å². The summed E-state index contributed by atoms with van der Waals surface area (Å²) in [6, 6.07) is 21.6. The van der Waals surface area contributed by atoms with Crippen LogP contribution in [0.4, 0.5) is 0 Å². The molecule has 2 aromatic carbocycles. The van der Waals surface area contributed by atoms with E-state index in [0.717, 1.165) is 19.5 Å². The van der Waals surface area contributed by atoms with E-state index in [9.17, 15) is 9.59 Å². The van der Waals surface area contributed by atoms with Crippen molar-refractivity contribution in [2.24, 2.45) is 0 Å². The largest absolute Gasteiger partial charge is 0.478 e. The Labute approximate surface area is 158 Å². The van der Waals surface area contributed by atoms with Crippen molar-refractivity contribution in [3.05, 3.63) is 95.6 Å². The molecule has 5 nitrogen and oxygen atoms in total. The smallest absolute Gasteiger partial charge is 0.328 e. The van der Waals surface area contributed by atoms with Gasteiger partial charge in [0.1, 0.15) is 0 Å². The highest BCUT2D eigenvalue weighted by Gasteiger charge is 2.19. The summed E-state index contributed by atoms with van der Waals surface area (Å²) >= 11 is 0. The molecule has 140 valence electrons. The van der Waals surface area contributed by atoms with Gasteiger partial charge in [0.05, 0.1) is 0 Å². The molecular formula is C22H23NO4. The SMILES string of the molecule is C1=C(C(c2ccccc2)c2ccccc2)CCNC1.O=C(O)/C=C/C(=O)O. The van der Waals surface area contributed by atoms with E-state index in [1.807, 2.05) is 0 Å². The van der Waals surface area contributed by atoms with Crippen LogP contribution in [0.3, 0.4) is 0 Å². The van der Waals surface area contributed by atoms with Crippen molar-refractivity contribution in [1.29, 1.82) is 0 Å². The Morgan fingerprint density at radius 2 is 1.33 bits per heavy atom. The van der Waals surface area contributed by atoms with Gasteiger partial charge in [-0.2, -0.15) is 0 Å². The predicted molar refractivity (Wildman–Crippen MR) is 105 cm³/mol. The lowest BCUT2D eigenvalue weighted by Gasteiger charge is -2.24. The average molecular weight is 365 g/mol. The predicted octanol–water partition coefficient (Wildman–Crippen LogP) is 3.45. The molecule has 3 N–H and O–H groups in total. The van der Waals surface area contributed by atoms with E-state index in [1.54, 1.807) is 0 Å². The molecule has 1 aliphatic rings. The number of hydrogen-bond donors (Lipinski definition) is 3. The van der Waals surface area contributed by atoms with Gasteiger partial charge >= 0.3 is 11.9 Å². The van der Waals surface area contributed by atoms with Crippen molar-refractivity contribution in [1.82, 2.24) is 5.32 Å². The molecule has 0 spiro atoms. The van der Waals surface area contributed by atoms with Crippen molar-refractivity contribution in [3.8, 4) is 0 Å². The van der Waals surface area contributed by atoms with Gasteiger partial charge in [0.15, 0.2) is 0 Å². The lowest BCUT2D eigenvalue weighted by molar-refractivity contribution is -0.134. The summed E-state index contributed by atoms with van der Waals surface area (Å²) in [4.78, 5) is 19.1. The minimum absolute atomic E-state index is 0.407. The van der Waals surface area contributed by atoms with E-state index in [1.165, 1.54) is 16.7 Å². The summed E-state index contributed by atoms with van der Waals surface area (Å²) in [7, 11) is 0. The van der Waals surface area contributed by atoms with Gasteiger partial charge in [-0.3, -0.25) is 0 Å². The number of benzene rings is 2. The molecule has 0 fully saturated rings. The van der Waals surface area contributed by atoms with E-state index < -0.39 is 11.9 Å². The molecule has 0 amide bonds. The first-order valence-electron chi connectivity index (χ1n) is 8.71. The van der Waals surface area contributed by atoms with Crippen LogP contribution in [0.5, 0.6) is 0 Å². The number of nitrogens with one attached hydrogen (secondary N) is 1. The summed E-state index contributed by atoms with van der Waals surface area (Å²) < 4.78 is 0. The molecule has 0 aromatic heterocycles. The molecule has 3 rings (SSSR count). The molecule has 0 saturated carbocycles. The first-order chi connectivity index (χ1) is 13.1. The third kappa shape index (κ3) is 6.92. The van der Waals surface area contributed by atoms with Gasteiger partial charge in [0.2, 0.25) is 0 Å². The average Bonchev–Trinajstić information content (AvgIpc) is 2.70. The summed E-state index contributed by atoms with van der Waals surface area (Å²) in [6.07, 6.45) is 4.60. The van der Waals surface area contributed by atoms with Crippen molar-refractivity contribution >= 4 is 11.9 Å². The molecule has 0 radical (unpaired) electrons. The maximum absolute atomic E-state index is 9.55. The Balaban J connectivity index is 0.000000279. The van der Waals surface area contributed by atoms with Crippen LogP contribution in [0.2, 0.25) is 0 Å². The molecule has 1 aliphatic heterocycles. The Kier molecular flexibility index (Phi) is 8.00. The molecule has 0 saturated heterocycles. The molecule has 2 aromatic rings. The van der Waals surface area contributed by atoms with Crippen LogP contribution in [0.25, 0.3) is 0 Å². The lowest BCUT2D eigenvalue weighted by Crippen LogP contribution is -2.23. The number of carboxylic acids is 2. The minimum Gasteiger partial charge on any atom is -0.478 e. The highest BCUT2D eigenvalue weighted by Crippen LogP contribution is 2.33. The molecule has 0 bridgehead atoms. The van der Waals surface area contributed by atoms with E-state index in [2.05, 4.69) is 72.1 Å². The van der Waals surface area contributed by atoms with Crippen LogP contribution in [0.1, 0.15) is 23.5 Å². The number of carbonyl (C=O) groups is 2. The van der Waals surface area contributed by atoms with Crippen LogP contribution >= 0.6 is 0 Å². The van der Waals surface area contributed by atoms with Crippen LogP contribution in [0.15, 0.2) is 84.5 Å². The van der Waals surface area contributed by atoms with Gasteiger partial charge in [-0.05, 0) is 24.1 Å². The summed E-state index contributed by atoms with van der Waals surface area (Å²) in [5, 5.41) is 19.0. The molecule has 0 unspecified atom stereocenters. The standard InChI is InChI=1S/C18H19N.C4H4O4/c1-3-7-15(8-4-1)18(16-9-5-2-6-10-16)17-11-13-19-14-12-17;5-3(6)1-2-4(7)8/h1-11,18-19H,12-14H2;1-2H,(H,5,6)(H,7,8)/b;2-1+. The Bertz CT molecular complexity index is 742. The highest BCUT2D eigenvalue weighted by molar-refractivity contribution is 5.89. The third-order valence-electron chi connectivity index (χ3n) is 4.10. The third-order valence-corrected chi connectivity index (χ3v) is 4.10. The zero-order chi connectivity index (χ0) is 19.5. The van der Waals surface area contributed by atoms with Gasteiger partial charge in [-0.15, -0.1) is 0 Å². The second kappa shape index (κ2) is 10.7. The monoisotopic (exact) mass is 365 g/mol.